The molecule has 0 atom stereocenters. The van der Waals surface area contributed by atoms with Gasteiger partial charge in [0.15, 0.2) is 5.88 Å². The molecule has 4 aromatic heterocycles. The molecule has 4 heterocycles. The third-order valence-corrected chi connectivity index (χ3v) is 20.3. The summed E-state index contributed by atoms with van der Waals surface area (Å²) in [7, 11) is 12.9. The minimum Gasteiger partial charge on any atom is -0.0622 e. The van der Waals surface area contributed by atoms with E-state index in [9.17, 15) is 19.2 Å². The molecular formula is C77H65BBrCl2N2O10P2Pd. The van der Waals surface area contributed by atoms with Gasteiger partial charge in [-0.1, -0.05) is 214 Å². The third kappa shape index (κ3) is 19.0. The summed E-state index contributed by atoms with van der Waals surface area (Å²) in [6.07, 6.45) is 0. The standard InChI is InChI=1S/C20H15NO4.2C18H15P.C10H9BNO4.C10H7BrO2.CH4.2ClH.Pd/c1-11-3-4-12-9-15(20(24)25-18(12)7-11)17-10-14-8-13(19(22)23)5-6-16(14)21(17)2;2*1-4-10-16(11-5-1)19(17-12-6-2-7-13-17)18-14-8-3-9-15-18;1-12-8-3-2-6(10(13)14)4-7(8)5-9(12)16-11-15;1-6-2-3-7-5-8(11)10(12)13-9(7)4-6;;;;/h3-10H,1-2H3,(H,22,23);2*1-15H;2-5,15H,1H3,(H,13,14);2-5H,1H3;1H4;2*1H;/q;;;;;;;;+2/p-2. The van der Waals surface area contributed by atoms with Crippen LogP contribution >= 0.6 is 50.8 Å². The van der Waals surface area contributed by atoms with Crippen molar-refractivity contribution in [3.8, 4) is 17.1 Å². The van der Waals surface area contributed by atoms with E-state index in [1.165, 1.54) is 37.9 Å². The summed E-state index contributed by atoms with van der Waals surface area (Å²) >= 11 is 3.02. The van der Waals surface area contributed by atoms with E-state index in [0.717, 1.165) is 43.7 Å². The van der Waals surface area contributed by atoms with Crippen LogP contribution < -0.4 is 47.7 Å². The van der Waals surface area contributed by atoms with E-state index in [2.05, 4.69) is 198 Å². The van der Waals surface area contributed by atoms with Crippen LogP contribution in [0.1, 0.15) is 39.3 Å². The van der Waals surface area contributed by atoms with Gasteiger partial charge in [-0.05, 0) is 155 Å². The maximum atomic E-state index is 12.5. The first-order valence-corrected chi connectivity index (χ1v) is 36.8. The van der Waals surface area contributed by atoms with Gasteiger partial charge in [-0.15, -0.1) is 0 Å². The number of rotatable bonds is 11. The van der Waals surface area contributed by atoms with Gasteiger partial charge in [0.25, 0.3) is 0 Å². The largest absolute Gasteiger partial charge is 0.0622 e. The van der Waals surface area contributed by atoms with Crippen LogP contribution in [-0.2, 0) is 30.0 Å². The van der Waals surface area contributed by atoms with E-state index < -0.39 is 33.4 Å². The molecule has 0 unspecified atom stereocenters. The van der Waals surface area contributed by atoms with Crippen molar-refractivity contribution < 1.29 is 54.3 Å². The zero-order chi connectivity index (χ0) is 67.4. The Hall–Kier alpha value is -8.95. The van der Waals surface area contributed by atoms with Crippen LogP contribution in [0.15, 0.2) is 302 Å². The second kappa shape index (κ2) is 35.7. The molecule has 0 spiro atoms. The molecule has 14 aromatic rings. The van der Waals surface area contributed by atoms with Crippen LogP contribution in [0, 0.1) is 13.8 Å². The minimum absolute atomic E-state index is 0. The number of carboxylic acids is 2. The molecule has 12 nitrogen and oxygen atoms in total. The van der Waals surface area contributed by atoms with Gasteiger partial charge in [0.05, 0.1) is 27.9 Å². The van der Waals surface area contributed by atoms with E-state index in [-0.39, 0.29) is 40.1 Å². The van der Waals surface area contributed by atoms with E-state index >= 15 is 0 Å². The Morgan fingerprint density at radius 1 is 0.458 bits per heavy atom. The van der Waals surface area contributed by atoms with Crippen molar-refractivity contribution in [2.75, 3.05) is 0 Å². The van der Waals surface area contributed by atoms with Crippen LogP contribution in [0.25, 0.3) is 55.0 Å². The molecule has 96 heavy (non-hydrogen) atoms. The van der Waals surface area contributed by atoms with Gasteiger partial charge < -0.3 is 37.9 Å². The number of hydrogen-bond acceptors (Lipinski definition) is 8. The van der Waals surface area contributed by atoms with Crippen LogP contribution in [0.2, 0.25) is 0 Å². The number of carboxylic acid groups (broad SMARTS) is 2. The summed E-state index contributed by atoms with van der Waals surface area (Å²) < 4.78 is 19.5. The number of halogens is 3. The smallest absolute Gasteiger partial charge is 0.0134 e. The molecule has 19 heteroatoms. The van der Waals surface area contributed by atoms with E-state index in [0.29, 0.717) is 40.5 Å². The fourth-order valence-electron chi connectivity index (χ4n) is 10.3. The molecule has 10 aromatic carbocycles. The quantitative estimate of drug-likeness (QED) is 0.0642. The molecule has 1 radical (unpaired) electrons. The van der Waals surface area contributed by atoms with Gasteiger partial charge in [-0.3, -0.25) is 0 Å². The minimum atomic E-state index is -0.979. The molecule has 0 aliphatic carbocycles. The summed E-state index contributed by atoms with van der Waals surface area (Å²) in [5.41, 5.74) is 5.80. The van der Waals surface area contributed by atoms with Crippen LogP contribution in [0.4, 0.5) is 0 Å². The molecule has 3 N–H and O–H groups in total. The molecule has 0 amide bonds. The third-order valence-electron chi connectivity index (χ3n) is 14.8. The van der Waals surface area contributed by atoms with E-state index in [1.807, 2.05) is 74.0 Å². The van der Waals surface area contributed by atoms with Gasteiger partial charge in [0.2, 0.25) is 0 Å². The zero-order valence-corrected chi connectivity index (χ0v) is 58.0. The summed E-state index contributed by atoms with van der Waals surface area (Å²) in [6, 6.07) is 92.9. The molecule has 0 saturated heterocycles. The Bertz CT molecular complexity index is 4690. The number of aromatic nitrogens is 2. The molecule has 0 bridgehead atoms. The Balaban J connectivity index is 0.000000154. The average molecular weight is 1510 g/mol. The van der Waals surface area contributed by atoms with Crippen molar-refractivity contribution in [2.45, 2.75) is 21.3 Å². The van der Waals surface area contributed by atoms with Crippen molar-refractivity contribution in [1.82, 2.24) is 9.13 Å². The fraction of sp³-hybridized carbons (Fsp3) is 0.0649. The number of benzene rings is 10. The summed E-state index contributed by atoms with van der Waals surface area (Å²) in [5.74, 6) is -1.50. The monoisotopic (exact) mass is 1510 g/mol. The Morgan fingerprint density at radius 3 is 1.17 bits per heavy atom. The van der Waals surface area contributed by atoms with Crippen LogP contribution in [0.5, 0.6) is 5.88 Å². The molecule has 14 rings (SSSR count). The van der Waals surface area contributed by atoms with Gasteiger partial charge in [-0.2, -0.15) is 0 Å². The van der Waals surface area contributed by atoms with E-state index in [1.54, 1.807) is 54.1 Å². The predicted molar refractivity (Wildman–Crippen MR) is 398 cm³/mol. The first kappa shape index (κ1) is 72.9. The molecule has 487 valence electrons. The molecule has 0 fully saturated rings. The number of fused-ring (bicyclic) bond motifs is 4. The van der Waals surface area contributed by atoms with Crippen molar-refractivity contribution in [3.05, 3.63) is 327 Å². The Morgan fingerprint density at radius 2 is 0.802 bits per heavy atom. The normalized spacial score (nSPS) is 10.5. The summed E-state index contributed by atoms with van der Waals surface area (Å²) in [6.45, 7) is 3.90. The molecule has 0 aliphatic rings. The topological polar surface area (TPSA) is 174 Å². The molecule has 0 saturated carbocycles. The first-order valence-electron chi connectivity index (χ1n) is 29.3. The molecule has 0 aliphatic heterocycles. The number of aryl methyl sites for hydroxylation is 4. The average Bonchev–Trinajstić information content (AvgIpc) is 1.52. The van der Waals surface area contributed by atoms with Gasteiger partial charge in [0, 0.05) is 47.2 Å². The summed E-state index contributed by atoms with van der Waals surface area (Å²) in [5, 5.41) is 38.2. The van der Waals surface area contributed by atoms with Gasteiger partial charge in [-0.25, -0.2) is 19.2 Å². The van der Waals surface area contributed by atoms with Gasteiger partial charge >= 0.3 is 65.9 Å². The van der Waals surface area contributed by atoms with Crippen molar-refractivity contribution in [1.29, 1.82) is 0 Å². The number of carbonyl (C=O) groups is 2. The molecular weight excluding hydrogens is 1440 g/mol. The number of nitrogens with zero attached hydrogens (tertiary/aromatic N) is 2. The number of hydrogen-bond donors (Lipinski definition) is 3. The number of aromatic carboxylic acids is 2. The van der Waals surface area contributed by atoms with Crippen molar-refractivity contribution in [3.63, 3.8) is 0 Å². The summed E-state index contributed by atoms with van der Waals surface area (Å²) in [4.78, 5) is 45.5. The Kier molecular flexibility index (Phi) is 27.1. The maximum absolute atomic E-state index is 12.5. The van der Waals surface area contributed by atoms with Gasteiger partial charge in [0.1, 0.15) is 15.6 Å². The van der Waals surface area contributed by atoms with Crippen molar-refractivity contribution >= 4 is 146 Å². The first-order chi connectivity index (χ1) is 46.0. The fourth-order valence-corrected chi connectivity index (χ4v) is 15.3. The SMILES string of the molecule is C.Cc1ccc2cc(-c3cc4cc(C(=O)O)ccc4n3C)c(=O)oc2c1.Cc1ccc2cc(Br)c(=O)oc2c1.Cn1c(O[B]O)cc2cc(C(=O)O)ccc21.[Cl][Pd][Cl].c1ccc(P(c2ccccc2)c2ccccc2)cc1.c1ccc(P(c2ccccc2)c2ccccc2)cc1. The van der Waals surface area contributed by atoms with E-state index in [4.69, 9.17) is 47.8 Å². The van der Waals surface area contributed by atoms with Crippen LogP contribution in [-0.4, -0.2) is 44.0 Å². The predicted octanol–water partition coefficient (Wildman–Crippen LogP) is 16.5. The zero-order valence-electron chi connectivity index (χ0n) is 51.6. The second-order valence-electron chi connectivity index (χ2n) is 21.2. The van der Waals surface area contributed by atoms with Crippen LogP contribution in [0.3, 0.4) is 0 Å². The second-order valence-corrected chi connectivity index (χ2v) is 28.8. The van der Waals surface area contributed by atoms with Crippen molar-refractivity contribution in [2.24, 2.45) is 14.1 Å². The maximum Gasteiger partial charge on any atom is -0.0134 e. The Labute approximate surface area is 584 Å².